The van der Waals surface area contributed by atoms with E-state index >= 15 is 4.39 Å². The monoisotopic (exact) mass is 509 g/mol. The molecule has 0 unspecified atom stereocenters. The van der Waals surface area contributed by atoms with Crippen LogP contribution in [0.3, 0.4) is 0 Å². The van der Waals surface area contributed by atoms with Gasteiger partial charge in [-0.15, -0.1) is 0 Å². The smallest absolute Gasteiger partial charge is 0.322 e. The number of nitrogens with two attached hydrogens (primary N) is 2. The summed E-state index contributed by atoms with van der Waals surface area (Å²) in [5.74, 6) is -0.902. The van der Waals surface area contributed by atoms with E-state index < -0.39 is 11.7 Å². The molecule has 3 aromatic heterocycles. The number of fused-ring (bicyclic) bond motifs is 1. The highest BCUT2D eigenvalue weighted by atomic mass is 19.1. The van der Waals surface area contributed by atoms with Gasteiger partial charge in [-0.25, -0.2) is 24.3 Å². The van der Waals surface area contributed by atoms with Crippen molar-refractivity contribution in [3.05, 3.63) is 95.8 Å². The molecule has 9 nitrogen and oxygen atoms in total. The number of ether oxygens (including phenoxy) is 1. The van der Waals surface area contributed by atoms with Gasteiger partial charge in [-0.1, -0.05) is 30.8 Å². The summed E-state index contributed by atoms with van der Waals surface area (Å²) >= 11 is 0. The van der Waals surface area contributed by atoms with Crippen LogP contribution in [0, 0.1) is 19.7 Å². The Morgan fingerprint density at radius 1 is 1.08 bits per heavy atom. The molecule has 0 aliphatic heterocycles. The first-order chi connectivity index (χ1) is 18.2. The second kappa shape index (κ2) is 9.74. The number of rotatable bonds is 7. The van der Waals surface area contributed by atoms with Crippen LogP contribution in [0.4, 0.5) is 10.2 Å². The third-order valence-corrected chi connectivity index (χ3v) is 6.15. The lowest BCUT2D eigenvalue weighted by Gasteiger charge is -2.14. The van der Waals surface area contributed by atoms with Crippen LogP contribution in [-0.2, 0) is 11.2 Å². The third kappa shape index (κ3) is 4.55. The minimum atomic E-state index is -0.603. The molecule has 0 saturated heterocycles. The van der Waals surface area contributed by atoms with E-state index in [0.717, 1.165) is 22.4 Å². The molecule has 0 aliphatic carbocycles. The summed E-state index contributed by atoms with van der Waals surface area (Å²) < 4.78 is 22.7. The SMILES string of the molecule is C=C(Cc1ccc(-c2c(C)c3ncnc(N)c3n2-c2ccc(Oc3nccc(C)n3)c(F)c2)cc1)C(N)=O. The molecule has 0 saturated carbocycles. The highest BCUT2D eigenvalue weighted by Gasteiger charge is 2.22. The maximum Gasteiger partial charge on any atom is 0.322 e. The second-order valence-corrected chi connectivity index (χ2v) is 8.80. The van der Waals surface area contributed by atoms with Crippen molar-refractivity contribution in [3.63, 3.8) is 0 Å². The maximum absolute atomic E-state index is 15.3. The molecular weight excluding hydrogens is 485 g/mol. The van der Waals surface area contributed by atoms with Crippen molar-refractivity contribution < 1.29 is 13.9 Å². The standard InChI is InChI=1S/C28H24FN7O2/c1-15(27(31)37)12-18-4-6-19(7-5-18)24-17(3)23-25(26(30)34-14-33-23)36(24)20-8-9-22(21(29)13-20)38-28-32-11-10-16(2)35-28/h4-11,13-14H,1,12H2,2-3H3,(H2,31,37)(H2,30,33,34). The summed E-state index contributed by atoms with van der Waals surface area (Å²) in [5, 5.41) is 0. The topological polar surface area (TPSA) is 135 Å². The van der Waals surface area contributed by atoms with Crippen LogP contribution in [0.25, 0.3) is 28.0 Å². The lowest BCUT2D eigenvalue weighted by atomic mass is 10.0. The maximum atomic E-state index is 15.3. The summed E-state index contributed by atoms with van der Waals surface area (Å²) in [4.78, 5) is 28.2. The van der Waals surface area contributed by atoms with Gasteiger partial charge in [0.05, 0.1) is 11.2 Å². The number of nitrogens with zero attached hydrogens (tertiary/aromatic N) is 5. The van der Waals surface area contributed by atoms with E-state index in [-0.39, 0.29) is 17.6 Å². The van der Waals surface area contributed by atoms with Gasteiger partial charge in [0, 0.05) is 41.2 Å². The van der Waals surface area contributed by atoms with Crippen LogP contribution >= 0.6 is 0 Å². The van der Waals surface area contributed by atoms with Gasteiger partial charge in [-0.3, -0.25) is 4.79 Å². The number of halogens is 1. The molecule has 38 heavy (non-hydrogen) atoms. The molecule has 190 valence electrons. The fourth-order valence-corrected chi connectivity index (χ4v) is 4.28. The number of nitrogen functional groups attached to an aromatic ring is 1. The summed E-state index contributed by atoms with van der Waals surface area (Å²) in [5.41, 5.74) is 17.7. The molecule has 5 rings (SSSR count). The Kier molecular flexibility index (Phi) is 6.29. The van der Waals surface area contributed by atoms with Gasteiger partial charge in [-0.2, -0.15) is 0 Å². The van der Waals surface area contributed by atoms with Crippen LogP contribution in [-0.4, -0.2) is 30.4 Å². The Balaban J connectivity index is 1.61. The Bertz CT molecular complexity index is 1710. The number of aryl methyl sites for hydroxylation is 2. The van der Waals surface area contributed by atoms with Gasteiger partial charge >= 0.3 is 6.01 Å². The molecule has 4 N–H and O–H groups in total. The van der Waals surface area contributed by atoms with Crippen molar-refractivity contribution in [2.45, 2.75) is 20.3 Å². The highest BCUT2D eigenvalue weighted by molar-refractivity contribution is 5.96. The summed E-state index contributed by atoms with van der Waals surface area (Å²) in [6, 6.07) is 14.0. The number of carbonyl (C=O) groups excluding carboxylic acids is 1. The fourth-order valence-electron chi connectivity index (χ4n) is 4.28. The van der Waals surface area contributed by atoms with Crippen LogP contribution in [0.15, 0.2) is 73.2 Å². The molecule has 0 spiro atoms. The number of benzene rings is 2. The highest BCUT2D eigenvalue weighted by Crippen LogP contribution is 2.38. The molecule has 2 aromatic carbocycles. The lowest BCUT2D eigenvalue weighted by Crippen LogP contribution is -2.14. The van der Waals surface area contributed by atoms with Crippen LogP contribution in [0.2, 0.25) is 0 Å². The zero-order valence-corrected chi connectivity index (χ0v) is 20.8. The van der Waals surface area contributed by atoms with Crippen LogP contribution < -0.4 is 16.2 Å². The normalized spacial score (nSPS) is 11.0. The predicted octanol–water partition coefficient (Wildman–Crippen LogP) is 4.59. The number of carbonyl (C=O) groups is 1. The Morgan fingerprint density at radius 3 is 2.53 bits per heavy atom. The summed E-state index contributed by atoms with van der Waals surface area (Å²) in [7, 11) is 0. The van der Waals surface area contributed by atoms with E-state index in [1.54, 1.807) is 25.3 Å². The van der Waals surface area contributed by atoms with Crippen molar-refractivity contribution in [2.75, 3.05) is 5.73 Å². The number of hydrogen-bond donors (Lipinski definition) is 2. The average molecular weight is 510 g/mol. The van der Waals surface area contributed by atoms with Crippen molar-refractivity contribution in [1.82, 2.24) is 24.5 Å². The zero-order valence-electron chi connectivity index (χ0n) is 20.8. The van der Waals surface area contributed by atoms with Gasteiger partial charge in [0.1, 0.15) is 11.8 Å². The zero-order chi connectivity index (χ0) is 27.0. The number of amides is 1. The molecule has 0 atom stereocenters. The Hall–Kier alpha value is -5.12. The molecular formula is C28H24FN7O2. The number of hydrogen-bond acceptors (Lipinski definition) is 7. The summed E-state index contributed by atoms with van der Waals surface area (Å²) in [6.07, 6.45) is 3.28. The van der Waals surface area contributed by atoms with E-state index in [2.05, 4.69) is 26.5 Å². The minimum Gasteiger partial charge on any atom is -0.421 e. The van der Waals surface area contributed by atoms with E-state index in [0.29, 0.717) is 34.4 Å². The first kappa shape index (κ1) is 24.6. The van der Waals surface area contributed by atoms with Crippen LogP contribution in [0.5, 0.6) is 11.8 Å². The van der Waals surface area contributed by atoms with Gasteiger partial charge in [0.2, 0.25) is 5.91 Å². The molecule has 0 radical (unpaired) electrons. The third-order valence-electron chi connectivity index (χ3n) is 6.15. The van der Waals surface area contributed by atoms with E-state index in [9.17, 15) is 4.79 Å². The van der Waals surface area contributed by atoms with Gasteiger partial charge in [-0.05, 0) is 43.2 Å². The Morgan fingerprint density at radius 2 is 1.84 bits per heavy atom. The van der Waals surface area contributed by atoms with Crippen molar-refractivity contribution in [2.24, 2.45) is 5.73 Å². The molecule has 0 aliphatic rings. The Labute approximate surface area is 217 Å². The van der Waals surface area contributed by atoms with Gasteiger partial charge < -0.3 is 20.8 Å². The van der Waals surface area contributed by atoms with Crippen LogP contribution in [0.1, 0.15) is 16.8 Å². The molecule has 5 aromatic rings. The van der Waals surface area contributed by atoms with E-state index in [1.807, 2.05) is 35.8 Å². The largest absolute Gasteiger partial charge is 0.421 e. The lowest BCUT2D eigenvalue weighted by molar-refractivity contribution is -0.114. The van der Waals surface area contributed by atoms with Gasteiger partial charge in [0.25, 0.3) is 0 Å². The van der Waals surface area contributed by atoms with Crippen molar-refractivity contribution in [1.29, 1.82) is 0 Å². The predicted molar refractivity (Wildman–Crippen MR) is 142 cm³/mol. The van der Waals surface area contributed by atoms with E-state index in [1.165, 1.54) is 18.5 Å². The average Bonchev–Trinajstić information content (AvgIpc) is 3.19. The van der Waals surface area contributed by atoms with Crippen molar-refractivity contribution >= 4 is 22.8 Å². The quantitative estimate of drug-likeness (QED) is 0.306. The molecule has 3 heterocycles. The molecule has 0 fully saturated rings. The minimum absolute atomic E-state index is 0.0164. The first-order valence-corrected chi connectivity index (χ1v) is 11.7. The molecule has 1 amide bonds. The molecule has 0 bridgehead atoms. The van der Waals surface area contributed by atoms with E-state index in [4.69, 9.17) is 16.2 Å². The first-order valence-electron chi connectivity index (χ1n) is 11.7. The summed E-state index contributed by atoms with van der Waals surface area (Å²) in [6.45, 7) is 7.44. The second-order valence-electron chi connectivity index (χ2n) is 8.80. The van der Waals surface area contributed by atoms with Crippen molar-refractivity contribution in [3.8, 4) is 28.7 Å². The molecule has 10 heteroatoms. The fraction of sp³-hybridized carbons (Fsp3) is 0.107. The number of primary amides is 1. The van der Waals surface area contributed by atoms with Gasteiger partial charge in [0.15, 0.2) is 17.4 Å². The number of anilines is 1. The number of aromatic nitrogens is 5.